The van der Waals surface area contributed by atoms with Gasteiger partial charge in [-0.1, -0.05) is 38.3 Å². The van der Waals surface area contributed by atoms with E-state index in [4.69, 9.17) is 4.74 Å². The van der Waals surface area contributed by atoms with Crippen LogP contribution in [0.15, 0.2) is 24.3 Å². The van der Waals surface area contributed by atoms with Gasteiger partial charge in [-0.15, -0.1) is 0 Å². The van der Waals surface area contributed by atoms with E-state index in [0.29, 0.717) is 0 Å². The zero-order chi connectivity index (χ0) is 13.2. The summed E-state index contributed by atoms with van der Waals surface area (Å²) >= 11 is 0. The molecule has 1 aromatic carbocycles. The van der Waals surface area contributed by atoms with E-state index in [-0.39, 0.29) is 6.10 Å². The maximum atomic E-state index is 5.69. The summed E-state index contributed by atoms with van der Waals surface area (Å²) in [5, 5.41) is 3.49. The van der Waals surface area contributed by atoms with Crippen molar-refractivity contribution in [1.82, 2.24) is 5.32 Å². The minimum Gasteiger partial charge on any atom is -0.491 e. The predicted molar refractivity (Wildman–Crippen MR) is 78.1 cm³/mol. The topological polar surface area (TPSA) is 21.3 Å². The van der Waals surface area contributed by atoms with Crippen LogP contribution in [0.4, 0.5) is 0 Å². The normalized spacial score (nSPS) is 10.9. The van der Waals surface area contributed by atoms with Crippen LogP contribution in [0.25, 0.3) is 0 Å². The lowest BCUT2D eigenvalue weighted by Crippen LogP contribution is -2.14. The Labute approximate surface area is 112 Å². The molecule has 0 aliphatic heterocycles. The lowest BCUT2D eigenvalue weighted by atomic mass is 10.2. The van der Waals surface area contributed by atoms with Gasteiger partial charge in [-0.05, 0) is 44.5 Å². The number of nitrogens with one attached hydrogen (secondary N) is 1. The largest absolute Gasteiger partial charge is 0.491 e. The van der Waals surface area contributed by atoms with Gasteiger partial charge in [0.05, 0.1) is 6.10 Å². The second-order valence-electron chi connectivity index (χ2n) is 5.05. The van der Waals surface area contributed by atoms with E-state index in [2.05, 4.69) is 44.3 Å². The van der Waals surface area contributed by atoms with Gasteiger partial charge in [-0.25, -0.2) is 0 Å². The molecule has 0 unspecified atom stereocenters. The molecular weight excluding hydrogens is 222 g/mol. The van der Waals surface area contributed by atoms with Crippen molar-refractivity contribution >= 4 is 0 Å². The third-order valence-electron chi connectivity index (χ3n) is 2.81. The first kappa shape index (κ1) is 15.0. The zero-order valence-corrected chi connectivity index (χ0v) is 12.0. The molecule has 0 saturated carbocycles. The van der Waals surface area contributed by atoms with E-state index < -0.39 is 0 Å². The maximum Gasteiger partial charge on any atom is 0.120 e. The Balaban J connectivity index is 2.25. The molecule has 0 saturated heterocycles. The number of hydrogen-bond acceptors (Lipinski definition) is 2. The molecule has 0 atom stereocenters. The van der Waals surface area contributed by atoms with Gasteiger partial charge in [0.15, 0.2) is 0 Å². The highest BCUT2D eigenvalue weighted by molar-refractivity contribution is 5.28. The van der Waals surface area contributed by atoms with Crippen LogP contribution < -0.4 is 10.1 Å². The first-order valence-electron chi connectivity index (χ1n) is 7.18. The molecule has 1 N–H and O–H groups in total. The first-order valence-corrected chi connectivity index (χ1v) is 7.18. The fourth-order valence-electron chi connectivity index (χ4n) is 1.91. The van der Waals surface area contributed by atoms with Gasteiger partial charge in [0.2, 0.25) is 0 Å². The summed E-state index contributed by atoms with van der Waals surface area (Å²) in [4.78, 5) is 0. The van der Waals surface area contributed by atoms with E-state index in [9.17, 15) is 0 Å². The average molecular weight is 249 g/mol. The Bertz CT molecular complexity index is 323. The lowest BCUT2D eigenvalue weighted by molar-refractivity contribution is 0.242. The van der Waals surface area contributed by atoms with Crippen molar-refractivity contribution in [2.45, 2.75) is 59.1 Å². The number of hydrogen-bond donors (Lipinski definition) is 1. The standard InChI is InChI=1S/C16H27NO/c1-4-5-6-7-11-17-13-15-9-8-10-16(12-15)18-14(2)3/h8-10,12,14,17H,4-7,11,13H2,1-3H3. The van der Waals surface area contributed by atoms with E-state index in [1.807, 2.05) is 6.07 Å². The van der Waals surface area contributed by atoms with Crippen LogP contribution in [0.5, 0.6) is 5.75 Å². The molecule has 1 aromatic rings. The number of rotatable bonds is 9. The lowest BCUT2D eigenvalue weighted by Gasteiger charge is -2.11. The highest BCUT2D eigenvalue weighted by atomic mass is 16.5. The van der Waals surface area contributed by atoms with Crippen molar-refractivity contribution in [2.24, 2.45) is 0 Å². The van der Waals surface area contributed by atoms with Gasteiger partial charge in [-0.3, -0.25) is 0 Å². The van der Waals surface area contributed by atoms with Crippen LogP contribution in [-0.2, 0) is 6.54 Å². The third-order valence-corrected chi connectivity index (χ3v) is 2.81. The van der Waals surface area contributed by atoms with E-state index in [0.717, 1.165) is 18.8 Å². The summed E-state index contributed by atoms with van der Waals surface area (Å²) in [5.74, 6) is 0.968. The van der Waals surface area contributed by atoms with Crippen molar-refractivity contribution in [3.8, 4) is 5.75 Å². The van der Waals surface area contributed by atoms with Crippen LogP contribution in [0.3, 0.4) is 0 Å². The van der Waals surface area contributed by atoms with Crippen molar-refractivity contribution in [3.63, 3.8) is 0 Å². The third kappa shape index (κ3) is 6.65. The molecule has 0 heterocycles. The van der Waals surface area contributed by atoms with Crippen molar-refractivity contribution in [1.29, 1.82) is 0 Å². The van der Waals surface area contributed by atoms with Gasteiger partial charge >= 0.3 is 0 Å². The molecule has 0 bridgehead atoms. The van der Waals surface area contributed by atoms with E-state index in [1.165, 1.54) is 31.2 Å². The molecular formula is C16H27NO. The van der Waals surface area contributed by atoms with Gasteiger partial charge in [0.1, 0.15) is 5.75 Å². The Hall–Kier alpha value is -1.02. The number of unbranched alkanes of at least 4 members (excludes halogenated alkanes) is 3. The van der Waals surface area contributed by atoms with Crippen LogP contribution in [0, 0.1) is 0 Å². The fourth-order valence-corrected chi connectivity index (χ4v) is 1.91. The van der Waals surface area contributed by atoms with Crippen molar-refractivity contribution in [3.05, 3.63) is 29.8 Å². The van der Waals surface area contributed by atoms with Crippen LogP contribution in [0.1, 0.15) is 52.0 Å². The zero-order valence-electron chi connectivity index (χ0n) is 12.0. The van der Waals surface area contributed by atoms with Gasteiger partial charge in [-0.2, -0.15) is 0 Å². The molecule has 2 nitrogen and oxygen atoms in total. The minimum atomic E-state index is 0.238. The summed E-state index contributed by atoms with van der Waals surface area (Å²) in [5.41, 5.74) is 1.30. The highest BCUT2D eigenvalue weighted by Crippen LogP contribution is 2.14. The van der Waals surface area contributed by atoms with Crippen molar-refractivity contribution in [2.75, 3.05) is 6.54 Å². The van der Waals surface area contributed by atoms with E-state index >= 15 is 0 Å². The molecule has 0 fully saturated rings. The quantitative estimate of drug-likeness (QED) is 0.664. The number of benzene rings is 1. The summed E-state index contributed by atoms with van der Waals surface area (Å²) in [6, 6.07) is 8.35. The second-order valence-corrected chi connectivity index (χ2v) is 5.05. The number of ether oxygens (including phenoxy) is 1. The summed E-state index contributed by atoms with van der Waals surface area (Å²) in [6.07, 6.45) is 5.49. The van der Waals surface area contributed by atoms with Crippen LogP contribution >= 0.6 is 0 Å². The molecule has 0 aromatic heterocycles. The molecule has 0 aliphatic rings. The monoisotopic (exact) mass is 249 g/mol. The molecule has 0 amide bonds. The Morgan fingerprint density at radius 2 is 2.00 bits per heavy atom. The highest BCUT2D eigenvalue weighted by Gasteiger charge is 1.99. The molecule has 102 valence electrons. The average Bonchev–Trinajstić information content (AvgIpc) is 2.33. The van der Waals surface area contributed by atoms with Crippen LogP contribution in [0.2, 0.25) is 0 Å². The smallest absolute Gasteiger partial charge is 0.120 e. The Kier molecular flexibility index (Phi) is 7.51. The molecule has 18 heavy (non-hydrogen) atoms. The van der Waals surface area contributed by atoms with E-state index in [1.54, 1.807) is 0 Å². The second kappa shape index (κ2) is 8.98. The fraction of sp³-hybridized carbons (Fsp3) is 0.625. The molecule has 2 heteroatoms. The molecule has 0 radical (unpaired) electrons. The minimum absolute atomic E-state index is 0.238. The SMILES string of the molecule is CCCCCCNCc1cccc(OC(C)C)c1. The Morgan fingerprint density at radius 1 is 1.17 bits per heavy atom. The summed E-state index contributed by atoms with van der Waals surface area (Å²) in [6.45, 7) is 8.39. The Morgan fingerprint density at radius 3 is 2.72 bits per heavy atom. The molecule has 0 aliphatic carbocycles. The maximum absolute atomic E-state index is 5.69. The van der Waals surface area contributed by atoms with Gasteiger partial charge in [0.25, 0.3) is 0 Å². The summed E-state index contributed by atoms with van der Waals surface area (Å²) < 4.78 is 5.69. The van der Waals surface area contributed by atoms with Crippen molar-refractivity contribution < 1.29 is 4.74 Å². The molecule has 1 rings (SSSR count). The van der Waals surface area contributed by atoms with Gasteiger partial charge < -0.3 is 10.1 Å². The summed E-state index contributed by atoms with van der Waals surface area (Å²) in [7, 11) is 0. The van der Waals surface area contributed by atoms with Gasteiger partial charge in [0, 0.05) is 6.54 Å². The molecule has 0 spiro atoms. The predicted octanol–water partition coefficient (Wildman–Crippen LogP) is 4.14. The van der Waals surface area contributed by atoms with Crippen LogP contribution in [-0.4, -0.2) is 12.6 Å². The first-order chi connectivity index (χ1) is 8.72.